The van der Waals surface area contributed by atoms with Crippen LogP contribution in [0.25, 0.3) is 0 Å². The summed E-state index contributed by atoms with van der Waals surface area (Å²) in [6.45, 7) is 0.0401. The molecule has 0 aliphatic carbocycles. The standard InChI is InChI=1S/C12H17NO4S/c1-16-9-5-4-7(8(6-13)12(14)15)11(18-3)10(9)17-2/h4-5,8H,6,13H2,1-3H3,(H,14,15). The Labute approximate surface area is 110 Å². The van der Waals surface area contributed by atoms with Crippen molar-refractivity contribution in [1.29, 1.82) is 0 Å². The van der Waals surface area contributed by atoms with Crippen LogP contribution in [0.2, 0.25) is 0 Å². The van der Waals surface area contributed by atoms with Gasteiger partial charge in [-0.3, -0.25) is 4.79 Å². The average molecular weight is 271 g/mol. The predicted octanol–water partition coefficient (Wildman–Crippen LogP) is 1.55. The van der Waals surface area contributed by atoms with Crippen LogP contribution in [-0.4, -0.2) is 38.1 Å². The first-order valence-electron chi connectivity index (χ1n) is 5.32. The van der Waals surface area contributed by atoms with Gasteiger partial charge in [0.25, 0.3) is 0 Å². The van der Waals surface area contributed by atoms with E-state index in [0.717, 1.165) is 4.90 Å². The van der Waals surface area contributed by atoms with Crippen LogP contribution < -0.4 is 15.2 Å². The van der Waals surface area contributed by atoms with Gasteiger partial charge in [0, 0.05) is 6.54 Å². The quantitative estimate of drug-likeness (QED) is 0.764. The summed E-state index contributed by atoms with van der Waals surface area (Å²) >= 11 is 1.41. The molecule has 0 spiro atoms. The first-order valence-corrected chi connectivity index (χ1v) is 6.54. The van der Waals surface area contributed by atoms with E-state index in [1.807, 2.05) is 6.26 Å². The van der Waals surface area contributed by atoms with Crippen molar-refractivity contribution in [1.82, 2.24) is 0 Å². The lowest BCUT2D eigenvalue weighted by Gasteiger charge is -2.18. The van der Waals surface area contributed by atoms with Gasteiger partial charge in [0.15, 0.2) is 11.5 Å². The van der Waals surface area contributed by atoms with Crippen LogP contribution in [-0.2, 0) is 4.79 Å². The van der Waals surface area contributed by atoms with E-state index in [4.69, 9.17) is 15.2 Å². The molecule has 1 aromatic carbocycles. The van der Waals surface area contributed by atoms with Crippen LogP contribution >= 0.6 is 11.8 Å². The Hall–Kier alpha value is -1.40. The predicted molar refractivity (Wildman–Crippen MR) is 70.8 cm³/mol. The number of benzene rings is 1. The number of carboxylic acids is 1. The summed E-state index contributed by atoms with van der Waals surface area (Å²) in [6, 6.07) is 3.42. The van der Waals surface area contributed by atoms with Crippen molar-refractivity contribution in [3.05, 3.63) is 17.7 Å². The van der Waals surface area contributed by atoms with E-state index < -0.39 is 11.9 Å². The highest BCUT2D eigenvalue weighted by molar-refractivity contribution is 7.98. The third-order valence-electron chi connectivity index (χ3n) is 2.64. The molecule has 0 heterocycles. The molecule has 3 N–H and O–H groups in total. The topological polar surface area (TPSA) is 81.8 Å². The molecule has 0 aliphatic rings. The van der Waals surface area contributed by atoms with Gasteiger partial charge in [-0.2, -0.15) is 0 Å². The van der Waals surface area contributed by atoms with Crippen molar-refractivity contribution >= 4 is 17.7 Å². The number of rotatable bonds is 6. The van der Waals surface area contributed by atoms with Crippen LogP contribution in [0.4, 0.5) is 0 Å². The fraction of sp³-hybridized carbons (Fsp3) is 0.417. The number of hydrogen-bond donors (Lipinski definition) is 2. The van der Waals surface area contributed by atoms with E-state index in [2.05, 4.69) is 0 Å². The first kappa shape index (κ1) is 14.7. The lowest BCUT2D eigenvalue weighted by molar-refractivity contribution is -0.138. The van der Waals surface area contributed by atoms with Crippen molar-refractivity contribution in [3.8, 4) is 11.5 Å². The van der Waals surface area contributed by atoms with Crippen LogP contribution in [0.15, 0.2) is 17.0 Å². The largest absolute Gasteiger partial charge is 0.493 e. The Kier molecular flexibility index (Phi) is 5.30. The van der Waals surface area contributed by atoms with Crippen molar-refractivity contribution in [3.63, 3.8) is 0 Å². The molecule has 0 saturated heterocycles. The van der Waals surface area contributed by atoms with Gasteiger partial charge in [0.1, 0.15) is 0 Å². The molecule has 0 aliphatic heterocycles. The Morgan fingerprint density at radius 1 is 1.44 bits per heavy atom. The van der Waals surface area contributed by atoms with Gasteiger partial charge in [-0.1, -0.05) is 6.07 Å². The van der Waals surface area contributed by atoms with E-state index in [1.54, 1.807) is 19.2 Å². The Balaban J connectivity index is 3.40. The van der Waals surface area contributed by atoms with Gasteiger partial charge in [0.05, 0.1) is 25.0 Å². The molecule has 6 heteroatoms. The van der Waals surface area contributed by atoms with E-state index in [-0.39, 0.29) is 6.54 Å². The lowest BCUT2D eigenvalue weighted by Crippen LogP contribution is -2.22. The highest BCUT2D eigenvalue weighted by Gasteiger charge is 2.24. The lowest BCUT2D eigenvalue weighted by atomic mass is 9.99. The van der Waals surface area contributed by atoms with E-state index in [0.29, 0.717) is 17.1 Å². The molecule has 0 fully saturated rings. The minimum absolute atomic E-state index is 0.0401. The fourth-order valence-corrected chi connectivity index (χ4v) is 2.57. The molecule has 1 rings (SSSR count). The van der Waals surface area contributed by atoms with Crippen molar-refractivity contribution < 1.29 is 19.4 Å². The van der Waals surface area contributed by atoms with Crippen LogP contribution in [0.1, 0.15) is 11.5 Å². The summed E-state index contributed by atoms with van der Waals surface area (Å²) in [5, 5.41) is 9.18. The molecule has 100 valence electrons. The van der Waals surface area contributed by atoms with Crippen molar-refractivity contribution in [2.24, 2.45) is 5.73 Å². The minimum atomic E-state index is -0.944. The summed E-state index contributed by atoms with van der Waals surface area (Å²) in [5.41, 5.74) is 6.18. The normalized spacial score (nSPS) is 12.0. The maximum atomic E-state index is 11.2. The minimum Gasteiger partial charge on any atom is -0.493 e. The third-order valence-corrected chi connectivity index (χ3v) is 3.47. The monoisotopic (exact) mass is 271 g/mol. The van der Waals surface area contributed by atoms with Gasteiger partial charge in [-0.25, -0.2) is 0 Å². The van der Waals surface area contributed by atoms with Gasteiger partial charge >= 0.3 is 5.97 Å². The van der Waals surface area contributed by atoms with Gasteiger partial charge < -0.3 is 20.3 Å². The van der Waals surface area contributed by atoms with Gasteiger partial charge in [0.2, 0.25) is 0 Å². The number of ether oxygens (including phenoxy) is 2. The highest BCUT2D eigenvalue weighted by atomic mass is 32.2. The average Bonchev–Trinajstić information content (AvgIpc) is 2.38. The molecule has 0 amide bonds. The number of hydrogen-bond acceptors (Lipinski definition) is 5. The number of carbonyl (C=O) groups is 1. The maximum Gasteiger partial charge on any atom is 0.312 e. The molecule has 1 aromatic rings. The number of carboxylic acid groups (broad SMARTS) is 1. The number of aliphatic carboxylic acids is 1. The van der Waals surface area contributed by atoms with Crippen molar-refractivity contribution in [2.45, 2.75) is 10.8 Å². The summed E-state index contributed by atoms with van der Waals surface area (Å²) in [6.07, 6.45) is 1.86. The molecular formula is C12H17NO4S. The molecule has 0 radical (unpaired) electrons. The second-order valence-corrected chi connectivity index (χ2v) is 4.37. The molecule has 0 saturated carbocycles. The smallest absolute Gasteiger partial charge is 0.312 e. The Bertz CT molecular complexity index is 436. The van der Waals surface area contributed by atoms with E-state index >= 15 is 0 Å². The second kappa shape index (κ2) is 6.51. The van der Waals surface area contributed by atoms with Crippen LogP contribution in [0.3, 0.4) is 0 Å². The van der Waals surface area contributed by atoms with E-state index in [9.17, 15) is 9.90 Å². The molecule has 1 unspecified atom stereocenters. The zero-order valence-electron chi connectivity index (χ0n) is 10.6. The summed E-state index contributed by atoms with van der Waals surface area (Å²) in [5.74, 6) is -0.568. The Morgan fingerprint density at radius 3 is 2.50 bits per heavy atom. The van der Waals surface area contributed by atoms with Crippen LogP contribution in [0, 0.1) is 0 Å². The third kappa shape index (κ3) is 2.70. The zero-order valence-corrected chi connectivity index (χ0v) is 11.4. The number of methoxy groups -OCH3 is 2. The van der Waals surface area contributed by atoms with E-state index in [1.165, 1.54) is 18.9 Å². The SMILES string of the molecule is COc1ccc(C(CN)C(=O)O)c(SC)c1OC. The second-order valence-electron chi connectivity index (χ2n) is 3.55. The summed E-state index contributed by atoms with van der Waals surface area (Å²) in [4.78, 5) is 11.9. The van der Waals surface area contributed by atoms with Crippen LogP contribution in [0.5, 0.6) is 11.5 Å². The fourth-order valence-electron chi connectivity index (χ4n) is 1.76. The maximum absolute atomic E-state index is 11.2. The van der Waals surface area contributed by atoms with Gasteiger partial charge in [-0.05, 0) is 17.9 Å². The molecule has 0 aromatic heterocycles. The summed E-state index contributed by atoms with van der Waals surface area (Å²) in [7, 11) is 3.07. The van der Waals surface area contributed by atoms with Gasteiger partial charge in [-0.15, -0.1) is 11.8 Å². The molecule has 5 nitrogen and oxygen atoms in total. The highest BCUT2D eigenvalue weighted by Crippen LogP contribution is 2.41. The molecule has 18 heavy (non-hydrogen) atoms. The van der Waals surface area contributed by atoms with Crippen molar-refractivity contribution in [2.75, 3.05) is 27.0 Å². The summed E-state index contributed by atoms with van der Waals surface area (Å²) < 4.78 is 10.5. The number of nitrogens with two attached hydrogens (primary N) is 1. The Morgan fingerprint density at radius 2 is 2.11 bits per heavy atom. The number of thioether (sulfide) groups is 1. The molecule has 1 atom stereocenters. The first-order chi connectivity index (χ1) is 8.60. The molecule has 0 bridgehead atoms. The molecular weight excluding hydrogens is 254 g/mol. The zero-order chi connectivity index (χ0) is 13.7.